The van der Waals surface area contributed by atoms with Crippen LogP contribution in [0.25, 0.3) is 0 Å². The summed E-state index contributed by atoms with van der Waals surface area (Å²) >= 11 is 0. The Hall–Kier alpha value is -0.830. The Balaban J connectivity index is 2.52. The van der Waals surface area contributed by atoms with Crippen molar-refractivity contribution in [1.29, 1.82) is 0 Å². The lowest BCUT2D eigenvalue weighted by atomic mass is 9.85. The van der Waals surface area contributed by atoms with Gasteiger partial charge < -0.3 is 9.88 Å². The van der Waals surface area contributed by atoms with E-state index in [9.17, 15) is 0 Å². The number of nitrogens with zero attached hydrogens (tertiary/aromatic N) is 2. The van der Waals surface area contributed by atoms with Crippen LogP contribution >= 0.6 is 0 Å². The molecule has 1 unspecified atom stereocenters. The van der Waals surface area contributed by atoms with Crippen molar-refractivity contribution in [2.75, 3.05) is 6.54 Å². The summed E-state index contributed by atoms with van der Waals surface area (Å²) in [6.07, 6.45) is 6.97. The fraction of sp³-hybridized carbons (Fsp3) is 0.800. The number of nitrogens with one attached hydrogen (secondary N) is 1. The smallest absolute Gasteiger partial charge is 0.0946 e. The SMILES string of the molecule is CC(C)(C)CCNC(Cn1ccnc1)C(C)(C)C. The molecule has 3 nitrogen and oxygen atoms in total. The van der Waals surface area contributed by atoms with Gasteiger partial charge in [-0.25, -0.2) is 4.98 Å². The van der Waals surface area contributed by atoms with Crippen molar-refractivity contribution in [3.8, 4) is 0 Å². The van der Waals surface area contributed by atoms with E-state index in [0.717, 1.165) is 13.1 Å². The molecule has 0 amide bonds. The number of hydrogen-bond acceptors (Lipinski definition) is 2. The minimum absolute atomic E-state index is 0.252. The number of hydrogen-bond donors (Lipinski definition) is 1. The molecule has 0 saturated carbocycles. The van der Waals surface area contributed by atoms with Crippen LogP contribution in [0.3, 0.4) is 0 Å². The minimum atomic E-state index is 0.252. The Morgan fingerprint density at radius 2 is 1.83 bits per heavy atom. The highest BCUT2D eigenvalue weighted by Gasteiger charge is 2.24. The van der Waals surface area contributed by atoms with E-state index in [0.29, 0.717) is 11.5 Å². The zero-order valence-corrected chi connectivity index (χ0v) is 12.8. The van der Waals surface area contributed by atoms with Crippen molar-refractivity contribution >= 4 is 0 Å². The maximum atomic E-state index is 4.11. The lowest BCUT2D eigenvalue weighted by molar-refractivity contribution is 0.230. The minimum Gasteiger partial charge on any atom is -0.336 e. The molecule has 1 N–H and O–H groups in total. The largest absolute Gasteiger partial charge is 0.336 e. The molecule has 0 radical (unpaired) electrons. The van der Waals surface area contributed by atoms with Gasteiger partial charge in [0, 0.05) is 25.0 Å². The predicted molar refractivity (Wildman–Crippen MR) is 77.5 cm³/mol. The van der Waals surface area contributed by atoms with E-state index >= 15 is 0 Å². The molecule has 0 bridgehead atoms. The van der Waals surface area contributed by atoms with Gasteiger partial charge in [-0.05, 0) is 23.8 Å². The monoisotopic (exact) mass is 251 g/mol. The third kappa shape index (κ3) is 5.67. The second kappa shape index (κ2) is 5.87. The average Bonchev–Trinajstić information content (AvgIpc) is 2.65. The summed E-state index contributed by atoms with van der Waals surface area (Å²) in [4.78, 5) is 4.11. The van der Waals surface area contributed by atoms with E-state index in [1.54, 1.807) is 0 Å². The van der Waals surface area contributed by atoms with Crippen LogP contribution in [-0.2, 0) is 6.54 Å². The van der Waals surface area contributed by atoms with E-state index in [4.69, 9.17) is 0 Å². The normalized spacial score (nSPS) is 14.8. The van der Waals surface area contributed by atoms with Gasteiger partial charge in [-0.15, -0.1) is 0 Å². The van der Waals surface area contributed by atoms with Gasteiger partial charge in [-0.3, -0.25) is 0 Å². The first kappa shape index (κ1) is 15.2. The first-order valence-electron chi connectivity index (χ1n) is 6.88. The van der Waals surface area contributed by atoms with Crippen LogP contribution in [0.2, 0.25) is 0 Å². The van der Waals surface area contributed by atoms with E-state index < -0.39 is 0 Å². The molecule has 0 saturated heterocycles. The molecule has 0 aliphatic heterocycles. The number of imidazole rings is 1. The highest BCUT2D eigenvalue weighted by atomic mass is 15.1. The molecule has 0 spiro atoms. The summed E-state index contributed by atoms with van der Waals surface area (Å²) in [6, 6.07) is 0.467. The van der Waals surface area contributed by atoms with Gasteiger partial charge >= 0.3 is 0 Å². The van der Waals surface area contributed by atoms with Crippen LogP contribution in [0.5, 0.6) is 0 Å². The van der Waals surface area contributed by atoms with E-state index in [1.165, 1.54) is 6.42 Å². The molecular weight excluding hydrogens is 222 g/mol. The van der Waals surface area contributed by atoms with Gasteiger partial charge in [0.2, 0.25) is 0 Å². The molecule has 1 rings (SSSR count). The molecule has 0 fully saturated rings. The second-order valence-corrected chi connectivity index (χ2v) is 7.44. The maximum Gasteiger partial charge on any atom is 0.0946 e. The Bertz CT molecular complexity index is 328. The molecule has 104 valence electrons. The molecule has 3 heteroatoms. The number of aromatic nitrogens is 2. The van der Waals surface area contributed by atoms with Gasteiger partial charge in [-0.2, -0.15) is 0 Å². The first-order valence-corrected chi connectivity index (χ1v) is 6.88. The van der Waals surface area contributed by atoms with Gasteiger partial charge in [0.25, 0.3) is 0 Å². The van der Waals surface area contributed by atoms with Crippen LogP contribution < -0.4 is 5.32 Å². The maximum absolute atomic E-state index is 4.11. The summed E-state index contributed by atoms with van der Waals surface area (Å²) in [6.45, 7) is 15.8. The van der Waals surface area contributed by atoms with Crippen molar-refractivity contribution in [1.82, 2.24) is 14.9 Å². The zero-order valence-electron chi connectivity index (χ0n) is 12.8. The fourth-order valence-electron chi connectivity index (χ4n) is 1.87. The van der Waals surface area contributed by atoms with Crippen LogP contribution in [-0.4, -0.2) is 22.1 Å². The third-order valence-electron chi connectivity index (χ3n) is 3.26. The molecule has 1 atom stereocenters. The van der Waals surface area contributed by atoms with Gasteiger partial charge in [0.05, 0.1) is 6.33 Å². The van der Waals surface area contributed by atoms with Crippen LogP contribution in [0.1, 0.15) is 48.0 Å². The Morgan fingerprint density at radius 1 is 1.17 bits per heavy atom. The molecule has 0 aromatic carbocycles. The van der Waals surface area contributed by atoms with Gasteiger partial charge in [0.15, 0.2) is 0 Å². The molecular formula is C15H29N3. The number of rotatable bonds is 5. The van der Waals surface area contributed by atoms with Crippen LogP contribution in [0, 0.1) is 10.8 Å². The molecule has 1 heterocycles. The van der Waals surface area contributed by atoms with Crippen LogP contribution in [0.15, 0.2) is 18.7 Å². The fourth-order valence-corrected chi connectivity index (χ4v) is 1.87. The van der Waals surface area contributed by atoms with Crippen LogP contribution in [0.4, 0.5) is 0 Å². The summed E-state index contributed by atoms with van der Waals surface area (Å²) in [5, 5.41) is 3.71. The molecule has 18 heavy (non-hydrogen) atoms. The Kier molecular flexibility index (Phi) is 4.97. The predicted octanol–water partition coefficient (Wildman–Crippen LogP) is 3.32. The molecule has 1 aromatic rings. The summed E-state index contributed by atoms with van der Waals surface area (Å²) in [5.74, 6) is 0. The lowest BCUT2D eigenvalue weighted by Gasteiger charge is -2.33. The Labute approximate surface area is 112 Å². The molecule has 1 aromatic heterocycles. The van der Waals surface area contributed by atoms with E-state index in [2.05, 4.69) is 56.4 Å². The van der Waals surface area contributed by atoms with E-state index in [1.807, 2.05) is 18.7 Å². The summed E-state index contributed by atoms with van der Waals surface area (Å²) in [5.41, 5.74) is 0.645. The zero-order chi connectivity index (χ0) is 13.8. The summed E-state index contributed by atoms with van der Waals surface area (Å²) < 4.78 is 2.15. The molecule has 0 aliphatic carbocycles. The highest BCUT2D eigenvalue weighted by Crippen LogP contribution is 2.22. The van der Waals surface area contributed by atoms with E-state index in [-0.39, 0.29) is 5.41 Å². The van der Waals surface area contributed by atoms with Gasteiger partial charge in [-0.1, -0.05) is 41.5 Å². The van der Waals surface area contributed by atoms with Gasteiger partial charge in [0.1, 0.15) is 0 Å². The third-order valence-corrected chi connectivity index (χ3v) is 3.26. The van der Waals surface area contributed by atoms with Crippen molar-refractivity contribution < 1.29 is 0 Å². The second-order valence-electron chi connectivity index (χ2n) is 7.44. The quantitative estimate of drug-likeness (QED) is 0.870. The first-order chi connectivity index (χ1) is 8.18. The topological polar surface area (TPSA) is 29.9 Å². The highest BCUT2D eigenvalue weighted by molar-refractivity contribution is 4.84. The van der Waals surface area contributed by atoms with Crippen molar-refractivity contribution in [3.05, 3.63) is 18.7 Å². The lowest BCUT2D eigenvalue weighted by Crippen LogP contribution is -2.44. The summed E-state index contributed by atoms with van der Waals surface area (Å²) in [7, 11) is 0. The molecule has 0 aliphatic rings. The van der Waals surface area contributed by atoms with Crippen molar-refractivity contribution in [2.24, 2.45) is 10.8 Å². The average molecular weight is 251 g/mol. The standard InChI is InChI=1S/C15H29N3/c1-14(2,3)7-8-17-13(15(4,5)6)11-18-10-9-16-12-18/h9-10,12-13,17H,7-8,11H2,1-6H3. The van der Waals surface area contributed by atoms with Crippen molar-refractivity contribution in [3.63, 3.8) is 0 Å². The van der Waals surface area contributed by atoms with Crippen molar-refractivity contribution in [2.45, 2.75) is 60.5 Å². The Morgan fingerprint density at radius 3 is 2.28 bits per heavy atom.